The minimum atomic E-state index is -0.660. The molecule has 6 heteroatoms. The zero-order valence-corrected chi connectivity index (χ0v) is 8.40. The molecule has 6 nitrogen and oxygen atoms in total. The molecule has 0 radical (unpaired) electrons. The topological polar surface area (TPSA) is 81.7 Å². The summed E-state index contributed by atoms with van der Waals surface area (Å²) >= 11 is 0. The molecule has 0 unspecified atom stereocenters. The predicted molar refractivity (Wildman–Crippen MR) is 48.4 cm³/mol. The normalized spacial score (nSPS) is 19.2. The minimum absolute atomic E-state index is 0.0661. The van der Waals surface area contributed by atoms with E-state index in [1.54, 1.807) is 6.92 Å². The second-order valence-corrected chi connectivity index (χ2v) is 2.99. The number of ether oxygens (including phenoxy) is 2. The summed E-state index contributed by atoms with van der Waals surface area (Å²) in [5, 5.41) is 2.27. The highest BCUT2D eigenvalue weighted by Crippen LogP contribution is 2.10. The molecule has 0 aromatic heterocycles. The fourth-order valence-electron chi connectivity index (χ4n) is 1.06. The summed E-state index contributed by atoms with van der Waals surface area (Å²) in [6.45, 7) is 1.66. The smallest absolute Gasteiger partial charge is 0.355 e. The number of cyclic esters (lactones) is 1. The molecular weight excluding hydrogens is 202 g/mol. The van der Waals surface area contributed by atoms with E-state index < -0.39 is 24.3 Å². The number of esters is 2. The van der Waals surface area contributed by atoms with Crippen LogP contribution in [0.3, 0.4) is 0 Å². The van der Waals surface area contributed by atoms with Gasteiger partial charge >= 0.3 is 11.9 Å². The molecule has 1 amide bonds. The first-order valence-corrected chi connectivity index (χ1v) is 4.32. The number of carbonyl (C=O) groups is 3. The molecule has 1 N–H and O–H groups in total. The van der Waals surface area contributed by atoms with E-state index in [4.69, 9.17) is 4.74 Å². The van der Waals surface area contributed by atoms with Gasteiger partial charge in [0.25, 0.3) is 0 Å². The Bertz CT molecular complexity index is 333. The molecule has 1 aliphatic heterocycles. The monoisotopic (exact) mass is 213 g/mol. The number of hydrogen-bond donors (Lipinski definition) is 1. The van der Waals surface area contributed by atoms with Crippen LogP contribution in [0.2, 0.25) is 0 Å². The average Bonchev–Trinajstić information content (AvgIpc) is 2.44. The molecule has 82 valence electrons. The van der Waals surface area contributed by atoms with Crippen LogP contribution in [0.15, 0.2) is 11.8 Å². The lowest BCUT2D eigenvalue weighted by molar-refractivity contribution is -0.145. The number of rotatable bonds is 3. The molecule has 0 spiro atoms. The molecule has 15 heavy (non-hydrogen) atoms. The fraction of sp³-hybridized carbons (Fsp3) is 0.444. The maximum Gasteiger partial charge on any atom is 0.355 e. The Morgan fingerprint density at radius 2 is 2.27 bits per heavy atom. The summed E-state index contributed by atoms with van der Waals surface area (Å²) in [6, 6.07) is 0. The summed E-state index contributed by atoms with van der Waals surface area (Å²) < 4.78 is 9.04. The Balaban J connectivity index is 2.48. The Morgan fingerprint density at radius 1 is 1.60 bits per heavy atom. The van der Waals surface area contributed by atoms with E-state index in [0.717, 1.165) is 0 Å². The van der Waals surface area contributed by atoms with Crippen molar-refractivity contribution in [2.45, 2.75) is 19.4 Å². The molecule has 1 atom stereocenters. The van der Waals surface area contributed by atoms with E-state index in [0.29, 0.717) is 0 Å². The van der Waals surface area contributed by atoms with Gasteiger partial charge in [0.05, 0.1) is 7.11 Å². The van der Waals surface area contributed by atoms with Crippen molar-refractivity contribution in [2.24, 2.45) is 0 Å². The van der Waals surface area contributed by atoms with Crippen molar-refractivity contribution in [3.8, 4) is 0 Å². The van der Waals surface area contributed by atoms with Crippen molar-refractivity contribution in [3.63, 3.8) is 0 Å². The van der Waals surface area contributed by atoms with Crippen LogP contribution in [0.5, 0.6) is 0 Å². The van der Waals surface area contributed by atoms with Crippen LogP contribution in [0.1, 0.15) is 13.3 Å². The Kier molecular flexibility index (Phi) is 3.43. The van der Waals surface area contributed by atoms with E-state index in [1.807, 2.05) is 0 Å². The van der Waals surface area contributed by atoms with Gasteiger partial charge in [-0.2, -0.15) is 0 Å². The molecule has 1 heterocycles. The first kappa shape index (κ1) is 11.2. The first-order chi connectivity index (χ1) is 7.02. The molecule has 0 bridgehead atoms. The van der Waals surface area contributed by atoms with Gasteiger partial charge in [0.2, 0.25) is 5.91 Å². The second-order valence-electron chi connectivity index (χ2n) is 2.99. The number of hydrogen-bond acceptors (Lipinski definition) is 5. The van der Waals surface area contributed by atoms with Gasteiger partial charge in [-0.05, 0) is 13.0 Å². The Labute approximate surface area is 86.2 Å². The predicted octanol–water partition coefficient (Wildman–Crippen LogP) is -0.505. The Hall–Kier alpha value is -1.85. The third-order valence-corrected chi connectivity index (χ3v) is 1.72. The molecule has 0 fully saturated rings. The molecule has 0 aromatic rings. The van der Waals surface area contributed by atoms with Crippen molar-refractivity contribution >= 4 is 17.8 Å². The zero-order valence-electron chi connectivity index (χ0n) is 8.40. The number of methoxy groups -OCH3 is 1. The van der Waals surface area contributed by atoms with Crippen molar-refractivity contribution < 1.29 is 23.9 Å². The van der Waals surface area contributed by atoms with Crippen LogP contribution < -0.4 is 5.32 Å². The van der Waals surface area contributed by atoms with Gasteiger partial charge in [-0.25, -0.2) is 4.79 Å². The summed E-state index contributed by atoms with van der Waals surface area (Å²) in [7, 11) is 1.18. The van der Waals surface area contributed by atoms with Crippen LogP contribution in [0, 0.1) is 0 Å². The van der Waals surface area contributed by atoms with E-state index >= 15 is 0 Å². The highest BCUT2D eigenvalue weighted by molar-refractivity contribution is 6.00. The van der Waals surface area contributed by atoms with Gasteiger partial charge in [-0.1, -0.05) is 0 Å². The highest BCUT2D eigenvalue weighted by Gasteiger charge is 2.24. The lowest BCUT2D eigenvalue weighted by Crippen LogP contribution is -2.28. The highest BCUT2D eigenvalue weighted by atomic mass is 16.5. The lowest BCUT2D eigenvalue weighted by Gasteiger charge is -2.02. The fourth-order valence-corrected chi connectivity index (χ4v) is 1.06. The largest absolute Gasteiger partial charge is 0.469 e. The van der Waals surface area contributed by atoms with Gasteiger partial charge in [-0.3, -0.25) is 9.59 Å². The third kappa shape index (κ3) is 3.08. The van der Waals surface area contributed by atoms with Crippen molar-refractivity contribution in [3.05, 3.63) is 11.8 Å². The van der Waals surface area contributed by atoms with Crippen LogP contribution in [-0.2, 0) is 23.9 Å². The molecule has 1 rings (SSSR count). The van der Waals surface area contributed by atoms with Gasteiger partial charge in [0, 0.05) is 0 Å². The number of nitrogens with one attached hydrogen (secondary N) is 1. The van der Waals surface area contributed by atoms with E-state index in [2.05, 4.69) is 10.1 Å². The van der Waals surface area contributed by atoms with Gasteiger partial charge < -0.3 is 14.8 Å². The molecule has 0 aromatic carbocycles. The zero-order chi connectivity index (χ0) is 11.4. The third-order valence-electron chi connectivity index (χ3n) is 1.72. The number of carbonyl (C=O) groups excluding carboxylic acids is 3. The summed E-state index contributed by atoms with van der Waals surface area (Å²) in [4.78, 5) is 32.9. The van der Waals surface area contributed by atoms with Gasteiger partial charge in [0.15, 0.2) is 0 Å². The SMILES string of the molecule is COC(=O)CC(=O)NC1=C[C@@H](C)OC1=O. The molecular formula is C9H11NO5. The molecule has 0 saturated heterocycles. The van der Waals surface area contributed by atoms with Crippen LogP contribution in [0.25, 0.3) is 0 Å². The standard InChI is InChI=1S/C9H11NO5/c1-5-3-6(9(13)15-5)10-7(11)4-8(12)14-2/h3,5H,4H2,1-2H3,(H,10,11)/t5-/m1/s1. The second kappa shape index (κ2) is 4.59. The summed E-state index contributed by atoms with van der Waals surface area (Å²) in [5.74, 6) is -1.85. The quantitative estimate of drug-likeness (QED) is 0.504. The van der Waals surface area contributed by atoms with Gasteiger partial charge in [-0.15, -0.1) is 0 Å². The average molecular weight is 213 g/mol. The lowest BCUT2D eigenvalue weighted by atomic mass is 10.3. The van der Waals surface area contributed by atoms with Crippen LogP contribution >= 0.6 is 0 Å². The first-order valence-electron chi connectivity index (χ1n) is 4.32. The minimum Gasteiger partial charge on any atom is -0.469 e. The van der Waals surface area contributed by atoms with Crippen molar-refractivity contribution in [1.82, 2.24) is 5.32 Å². The van der Waals surface area contributed by atoms with E-state index in [-0.39, 0.29) is 11.8 Å². The van der Waals surface area contributed by atoms with E-state index in [9.17, 15) is 14.4 Å². The van der Waals surface area contributed by atoms with Crippen LogP contribution in [-0.4, -0.2) is 31.1 Å². The van der Waals surface area contributed by atoms with E-state index in [1.165, 1.54) is 13.2 Å². The van der Waals surface area contributed by atoms with Crippen molar-refractivity contribution in [1.29, 1.82) is 0 Å². The maximum absolute atomic E-state index is 11.2. The molecule has 0 aliphatic carbocycles. The van der Waals surface area contributed by atoms with Crippen LogP contribution in [0.4, 0.5) is 0 Å². The maximum atomic E-state index is 11.2. The summed E-state index contributed by atoms with van der Waals surface area (Å²) in [5.41, 5.74) is 0.0661. The van der Waals surface area contributed by atoms with Crippen molar-refractivity contribution in [2.75, 3.05) is 7.11 Å². The molecule has 1 aliphatic rings. The number of amides is 1. The Morgan fingerprint density at radius 3 is 2.73 bits per heavy atom. The molecule has 0 saturated carbocycles. The summed E-state index contributed by atoms with van der Waals surface area (Å²) in [6.07, 6.45) is 0.693. The van der Waals surface area contributed by atoms with Gasteiger partial charge in [0.1, 0.15) is 18.2 Å².